The van der Waals surface area contributed by atoms with Gasteiger partial charge in [0.05, 0.1) is 12.9 Å². The Balaban J connectivity index is 1.61. The van der Waals surface area contributed by atoms with Crippen LogP contribution < -0.4 is 9.46 Å². The Kier molecular flexibility index (Phi) is 4.87. The van der Waals surface area contributed by atoms with E-state index in [0.717, 1.165) is 27.8 Å². The lowest BCUT2D eigenvalue weighted by Crippen LogP contribution is -2.26. The molecule has 6 heteroatoms. The first kappa shape index (κ1) is 16.5. The van der Waals surface area contributed by atoms with E-state index in [9.17, 15) is 8.42 Å². The maximum atomic E-state index is 12.2. The molecule has 2 N–H and O–H groups in total. The lowest BCUT2D eigenvalue weighted by atomic mass is 10.2. The molecule has 1 aromatic heterocycles. The highest BCUT2D eigenvalue weighted by Crippen LogP contribution is 2.18. The molecule has 0 aliphatic carbocycles. The molecule has 3 rings (SSSR count). The van der Waals surface area contributed by atoms with Crippen LogP contribution in [0.15, 0.2) is 54.7 Å². The normalized spacial score (nSPS) is 11.7. The van der Waals surface area contributed by atoms with Crippen molar-refractivity contribution in [3.8, 4) is 5.75 Å². The predicted molar refractivity (Wildman–Crippen MR) is 95.6 cm³/mol. The van der Waals surface area contributed by atoms with E-state index in [4.69, 9.17) is 4.74 Å². The first-order chi connectivity index (χ1) is 11.6. The minimum absolute atomic E-state index is 0.0442. The summed E-state index contributed by atoms with van der Waals surface area (Å²) in [4.78, 5) is 3.15. The Bertz CT molecular complexity index is 932. The van der Waals surface area contributed by atoms with Crippen molar-refractivity contribution in [1.82, 2.24) is 9.71 Å². The van der Waals surface area contributed by atoms with Gasteiger partial charge < -0.3 is 9.72 Å². The number of hydrogen-bond donors (Lipinski definition) is 2. The van der Waals surface area contributed by atoms with Crippen molar-refractivity contribution in [2.45, 2.75) is 13.0 Å². The molecule has 0 saturated carbocycles. The molecule has 0 unspecified atom stereocenters. The number of H-pyrrole nitrogens is 1. The number of aryl methyl sites for hydroxylation is 1. The zero-order valence-corrected chi connectivity index (χ0v) is 14.3. The van der Waals surface area contributed by atoms with Gasteiger partial charge in [-0.15, -0.1) is 0 Å². The Morgan fingerprint density at radius 2 is 1.96 bits per heavy atom. The molecule has 5 nitrogen and oxygen atoms in total. The minimum Gasteiger partial charge on any atom is -0.497 e. The van der Waals surface area contributed by atoms with Crippen molar-refractivity contribution in [3.63, 3.8) is 0 Å². The van der Waals surface area contributed by atoms with Crippen LogP contribution in [0, 0.1) is 0 Å². The van der Waals surface area contributed by atoms with Gasteiger partial charge in [-0.2, -0.15) is 0 Å². The van der Waals surface area contributed by atoms with Gasteiger partial charge in [0.25, 0.3) is 0 Å². The third kappa shape index (κ3) is 3.96. The Morgan fingerprint density at radius 3 is 2.79 bits per heavy atom. The molecule has 1 heterocycles. The molecule has 0 atom stereocenters. The molecule has 0 aliphatic rings. The van der Waals surface area contributed by atoms with Crippen LogP contribution in [0.5, 0.6) is 5.75 Å². The molecule has 0 saturated heterocycles. The fourth-order valence-corrected chi connectivity index (χ4v) is 3.64. The smallest absolute Gasteiger partial charge is 0.212 e. The molecule has 24 heavy (non-hydrogen) atoms. The number of methoxy groups -OCH3 is 1. The first-order valence-corrected chi connectivity index (χ1v) is 9.38. The summed E-state index contributed by atoms with van der Waals surface area (Å²) >= 11 is 0. The topological polar surface area (TPSA) is 71.2 Å². The molecule has 0 fully saturated rings. The van der Waals surface area contributed by atoms with Crippen LogP contribution >= 0.6 is 0 Å². The fourth-order valence-electron chi connectivity index (χ4n) is 2.62. The highest BCUT2D eigenvalue weighted by atomic mass is 32.2. The predicted octanol–water partition coefficient (Wildman–Crippen LogP) is 2.84. The van der Waals surface area contributed by atoms with Gasteiger partial charge in [-0.1, -0.05) is 30.3 Å². The van der Waals surface area contributed by atoms with E-state index in [2.05, 4.69) is 9.71 Å². The lowest BCUT2D eigenvalue weighted by molar-refractivity contribution is 0.414. The quantitative estimate of drug-likeness (QED) is 0.692. The van der Waals surface area contributed by atoms with Crippen LogP contribution in [0.1, 0.15) is 11.1 Å². The second kappa shape index (κ2) is 7.07. The number of fused-ring (bicyclic) bond motifs is 1. The molecule has 3 aromatic rings. The van der Waals surface area contributed by atoms with Crippen molar-refractivity contribution < 1.29 is 13.2 Å². The molecule has 126 valence electrons. The summed E-state index contributed by atoms with van der Waals surface area (Å²) in [6, 6.07) is 15.3. The summed E-state index contributed by atoms with van der Waals surface area (Å²) in [7, 11) is -1.75. The number of aromatic amines is 1. The van der Waals surface area contributed by atoms with Gasteiger partial charge in [-0.25, -0.2) is 13.1 Å². The van der Waals surface area contributed by atoms with Crippen molar-refractivity contribution in [2.24, 2.45) is 0 Å². The van der Waals surface area contributed by atoms with E-state index in [1.54, 1.807) is 7.11 Å². The van der Waals surface area contributed by atoms with E-state index in [1.165, 1.54) is 0 Å². The molecule has 0 spiro atoms. The average molecular weight is 344 g/mol. The van der Waals surface area contributed by atoms with E-state index >= 15 is 0 Å². The molecular formula is C18H20N2O3S. The van der Waals surface area contributed by atoms with Crippen molar-refractivity contribution in [1.29, 1.82) is 0 Å². The Hall–Kier alpha value is -2.31. The number of aromatic nitrogens is 1. The van der Waals surface area contributed by atoms with Crippen LogP contribution in [0.2, 0.25) is 0 Å². The second-order valence-electron chi connectivity index (χ2n) is 5.60. The summed E-state index contributed by atoms with van der Waals surface area (Å²) in [5.41, 5.74) is 2.88. The van der Waals surface area contributed by atoms with E-state index in [1.807, 2.05) is 54.7 Å². The SMILES string of the molecule is COc1cccc(CCS(=O)(=O)NCc2c[nH]c3ccccc23)c1. The van der Waals surface area contributed by atoms with Gasteiger partial charge in [-0.05, 0) is 35.7 Å². The van der Waals surface area contributed by atoms with E-state index < -0.39 is 10.0 Å². The highest BCUT2D eigenvalue weighted by Gasteiger charge is 2.12. The number of sulfonamides is 1. The molecule has 0 bridgehead atoms. The lowest BCUT2D eigenvalue weighted by Gasteiger charge is -2.07. The number of nitrogens with one attached hydrogen (secondary N) is 2. The molecular weight excluding hydrogens is 324 g/mol. The van der Waals surface area contributed by atoms with Crippen LogP contribution in [-0.2, 0) is 23.0 Å². The monoisotopic (exact) mass is 344 g/mol. The standard InChI is InChI=1S/C18H20N2O3S/c1-23-16-6-4-5-14(11-16)9-10-24(21,22)20-13-15-12-19-18-8-3-2-7-17(15)18/h2-8,11-12,19-20H,9-10,13H2,1H3. The second-order valence-corrected chi connectivity index (χ2v) is 7.53. The third-order valence-corrected chi connectivity index (χ3v) is 5.28. The van der Waals surface area contributed by atoms with Crippen molar-refractivity contribution in [3.05, 3.63) is 65.9 Å². The summed E-state index contributed by atoms with van der Waals surface area (Å²) in [6.45, 7) is 0.282. The largest absolute Gasteiger partial charge is 0.497 e. The summed E-state index contributed by atoms with van der Waals surface area (Å²) < 4.78 is 32.3. The zero-order chi connectivity index (χ0) is 17.0. The molecule has 0 amide bonds. The maximum absolute atomic E-state index is 12.2. The van der Waals surface area contributed by atoms with Gasteiger partial charge in [0.15, 0.2) is 0 Å². The van der Waals surface area contributed by atoms with Crippen molar-refractivity contribution >= 4 is 20.9 Å². The molecule has 2 aromatic carbocycles. The highest BCUT2D eigenvalue weighted by molar-refractivity contribution is 7.89. The van der Waals surface area contributed by atoms with Gasteiger partial charge in [0.2, 0.25) is 10.0 Å². The van der Waals surface area contributed by atoms with Gasteiger partial charge in [0, 0.05) is 23.6 Å². The van der Waals surface area contributed by atoms with Crippen LogP contribution in [0.4, 0.5) is 0 Å². The van der Waals surface area contributed by atoms with Crippen molar-refractivity contribution in [2.75, 3.05) is 12.9 Å². The maximum Gasteiger partial charge on any atom is 0.212 e. The number of hydrogen-bond acceptors (Lipinski definition) is 3. The Morgan fingerprint density at radius 1 is 1.12 bits per heavy atom. The minimum atomic E-state index is -3.35. The van der Waals surface area contributed by atoms with Gasteiger partial charge in [-0.3, -0.25) is 0 Å². The summed E-state index contributed by atoms with van der Waals surface area (Å²) in [5, 5.41) is 1.04. The number of ether oxygens (including phenoxy) is 1. The molecule has 0 radical (unpaired) electrons. The number of rotatable bonds is 7. The number of para-hydroxylation sites is 1. The zero-order valence-electron chi connectivity index (χ0n) is 13.5. The van der Waals surface area contributed by atoms with Crippen LogP contribution in [-0.4, -0.2) is 26.3 Å². The average Bonchev–Trinajstić information content (AvgIpc) is 3.02. The van der Waals surface area contributed by atoms with E-state index in [-0.39, 0.29) is 12.3 Å². The summed E-state index contributed by atoms with van der Waals surface area (Å²) in [5.74, 6) is 0.777. The van der Waals surface area contributed by atoms with Crippen LogP contribution in [0.25, 0.3) is 10.9 Å². The van der Waals surface area contributed by atoms with Gasteiger partial charge in [0.1, 0.15) is 5.75 Å². The van der Waals surface area contributed by atoms with Crippen LogP contribution in [0.3, 0.4) is 0 Å². The number of benzene rings is 2. The third-order valence-electron chi connectivity index (χ3n) is 3.95. The fraction of sp³-hybridized carbons (Fsp3) is 0.222. The first-order valence-electron chi connectivity index (χ1n) is 7.73. The molecule has 0 aliphatic heterocycles. The van der Waals surface area contributed by atoms with E-state index in [0.29, 0.717) is 6.42 Å². The Labute approximate surface area is 141 Å². The summed E-state index contributed by atoms with van der Waals surface area (Å²) in [6.07, 6.45) is 2.29. The van der Waals surface area contributed by atoms with Gasteiger partial charge >= 0.3 is 0 Å².